The Bertz CT molecular complexity index is 1400. The van der Waals surface area contributed by atoms with E-state index in [0.717, 1.165) is 32.5 Å². The number of anilines is 1. The zero-order valence-electron chi connectivity index (χ0n) is 23.2. The van der Waals surface area contributed by atoms with Crippen molar-refractivity contribution in [2.24, 2.45) is 17.6 Å². The van der Waals surface area contributed by atoms with Crippen LogP contribution in [0.3, 0.4) is 0 Å². The minimum Gasteiger partial charge on any atom is -0.508 e. The largest absolute Gasteiger partial charge is 0.508 e. The van der Waals surface area contributed by atoms with Crippen molar-refractivity contribution in [3.63, 3.8) is 0 Å². The molecule has 0 radical (unpaired) electrons. The first kappa shape index (κ1) is 29.7. The second-order valence-corrected chi connectivity index (χ2v) is 11.5. The number of likely N-dealkylation sites (tertiary alicyclic amines) is 1. The van der Waals surface area contributed by atoms with E-state index in [1.807, 2.05) is 18.2 Å². The summed E-state index contributed by atoms with van der Waals surface area (Å²) < 4.78 is 0. The first-order chi connectivity index (χ1) is 20.1. The number of carbonyl (C=O) groups excluding carboxylic acids is 3. The molecular weight excluding hydrogens is 542 g/mol. The molecule has 1 amide bonds. The number of carbonyl (C=O) groups is 3. The van der Waals surface area contributed by atoms with E-state index in [1.54, 1.807) is 12.1 Å². The van der Waals surface area contributed by atoms with E-state index in [2.05, 4.69) is 22.3 Å². The molecule has 224 valence electrons. The highest BCUT2D eigenvalue weighted by Crippen LogP contribution is 2.49. The average molecular weight is 580 g/mol. The lowest BCUT2D eigenvalue weighted by Gasteiger charge is -2.46. The number of nitrogens with zero attached hydrogens (tertiary/aromatic N) is 1. The molecule has 2 aromatic carbocycles. The summed E-state index contributed by atoms with van der Waals surface area (Å²) in [4.78, 5) is 40.6. The number of primary amides is 1. The molecule has 0 aromatic heterocycles. The van der Waals surface area contributed by atoms with Crippen LogP contribution < -0.4 is 11.1 Å². The Kier molecular flexibility index (Phi) is 8.38. The second-order valence-electron chi connectivity index (χ2n) is 11.5. The fraction of sp³-hybridized carbons (Fsp3) is 0.452. The third-order valence-electron chi connectivity index (χ3n) is 8.92. The van der Waals surface area contributed by atoms with E-state index in [1.165, 1.54) is 5.56 Å². The molecule has 1 aliphatic heterocycles. The number of aliphatic hydroxyl groups excluding tert-OH is 3. The number of amides is 1. The Hall–Kier alpha value is -3.77. The van der Waals surface area contributed by atoms with E-state index in [9.17, 15) is 39.9 Å². The number of fused-ring (bicyclic) bond motifs is 2. The number of nitrogens with one attached hydrogen (secondary N) is 1. The Morgan fingerprint density at radius 2 is 1.76 bits per heavy atom. The summed E-state index contributed by atoms with van der Waals surface area (Å²) in [5.74, 6) is -6.78. The lowest BCUT2D eigenvalue weighted by Crippen LogP contribution is -2.60. The highest BCUT2D eigenvalue weighted by atomic mass is 16.4. The fourth-order valence-electron chi connectivity index (χ4n) is 6.75. The van der Waals surface area contributed by atoms with Crippen LogP contribution >= 0.6 is 0 Å². The summed E-state index contributed by atoms with van der Waals surface area (Å²) in [5, 5.41) is 58.0. The predicted molar refractivity (Wildman–Crippen MR) is 153 cm³/mol. The number of nitrogens with two attached hydrogens (primary N) is 1. The molecule has 1 heterocycles. The van der Waals surface area contributed by atoms with Gasteiger partial charge in [-0.15, -0.1) is 0 Å². The molecule has 11 nitrogen and oxygen atoms in total. The van der Waals surface area contributed by atoms with Gasteiger partial charge in [0.1, 0.15) is 11.5 Å². The molecule has 2 aromatic rings. The maximum absolute atomic E-state index is 13.8. The fourth-order valence-corrected chi connectivity index (χ4v) is 6.75. The molecular formula is C31H37N3O8. The van der Waals surface area contributed by atoms with Gasteiger partial charge in [0.15, 0.2) is 17.2 Å². The van der Waals surface area contributed by atoms with Crippen molar-refractivity contribution in [2.45, 2.75) is 56.4 Å². The number of piperidine rings is 1. The topological polar surface area (TPSA) is 194 Å². The third-order valence-corrected chi connectivity index (χ3v) is 8.92. The third kappa shape index (κ3) is 5.29. The van der Waals surface area contributed by atoms with Gasteiger partial charge in [0.05, 0.1) is 23.8 Å². The van der Waals surface area contributed by atoms with Gasteiger partial charge >= 0.3 is 0 Å². The van der Waals surface area contributed by atoms with Gasteiger partial charge in [-0.25, -0.2) is 0 Å². The van der Waals surface area contributed by atoms with Crippen LogP contribution in [0.25, 0.3) is 0 Å². The van der Waals surface area contributed by atoms with Crippen molar-refractivity contribution >= 4 is 23.2 Å². The lowest BCUT2D eigenvalue weighted by atomic mass is 9.61. The van der Waals surface area contributed by atoms with Gasteiger partial charge in [-0.3, -0.25) is 19.3 Å². The summed E-state index contributed by atoms with van der Waals surface area (Å²) >= 11 is 0. The van der Waals surface area contributed by atoms with Crippen molar-refractivity contribution in [3.8, 4) is 5.75 Å². The van der Waals surface area contributed by atoms with Crippen molar-refractivity contribution in [3.05, 3.63) is 70.5 Å². The summed E-state index contributed by atoms with van der Waals surface area (Å²) in [5.41, 5.74) is 3.88. The number of hydrogen-bond donors (Lipinski definition) is 7. The minimum atomic E-state index is -2.81. The van der Waals surface area contributed by atoms with Crippen molar-refractivity contribution in [1.29, 1.82) is 0 Å². The smallest absolute Gasteiger partial charge is 0.225 e. The van der Waals surface area contributed by atoms with Gasteiger partial charge < -0.3 is 36.6 Å². The maximum Gasteiger partial charge on any atom is 0.225 e. The molecule has 5 rings (SSSR count). The number of hydrogen-bond acceptors (Lipinski definition) is 10. The van der Waals surface area contributed by atoms with Gasteiger partial charge in [0, 0.05) is 49.7 Å². The van der Waals surface area contributed by atoms with E-state index < -0.39 is 65.4 Å². The van der Waals surface area contributed by atoms with Crippen LogP contribution in [-0.4, -0.2) is 85.3 Å². The van der Waals surface area contributed by atoms with E-state index in [0.29, 0.717) is 11.3 Å². The van der Waals surface area contributed by atoms with Crippen LogP contribution in [0.15, 0.2) is 53.8 Å². The van der Waals surface area contributed by atoms with Gasteiger partial charge in [0.25, 0.3) is 0 Å². The van der Waals surface area contributed by atoms with Crippen LogP contribution in [0, 0.1) is 11.8 Å². The number of phenols is 1. The molecule has 0 unspecified atom stereocenters. The van der Waals surface area contributed by atoms with Crippen molar-refractivity contribution in [2.75, 3.05) is 25.0 Å². The zero-order valence-corrected chi connectivity index (χ0v) is 23.2. The molecule has 0 bridgehead atoms. The molecule has 11 heteroatoms. The molecule has 0 spiro atoms. The Morgan fingerprint density at radius 3 is 2.40 bits per heavy atom. The minimum absolute atomic E-state index is 0.0371. The first-order valence-corrected chi connectivity index (χ1v) is 14.2. The number of aliphatic hydroxyl groups is 4. The van der Waals surface area contributed by atoms with Crippen LogP contribution in [0.4, 0.5) is 5.69 Å². The highest BCUT2D eigenvalue weighted by Gasteiger charge is 2.59. The normalized spacial score (nSPS) is 26.5. The summed E-state index contributed by atoms with van der Waals surface area (Å²) in [6.45, 7) is 2.02. The van der Waals surface area contributed by atoms with Crippen LogP contribution in [0.1, 0.15) is 47.2 Å². The van der Waals surface area contributed by atoms with E-state index in [-0.39, 0.29) is 30.2 Å². The van der Waals surface area contributed by atoms with Gasteiger partial charge in [0.2, 0.25) is 5.91 Å². The number of benzene rings is 2. The Labute approximate surface area is 243 Å². The second kappa shape index (κ2) is 11.8. The molecule has 2 aliphatic carbocycles. The molecule has 4 atom stereocenters. The number of ketones is 2. The number of Topliss-reactive ketones (excluding diaryl/α,β-unsaturated/α-hetero) is 2. The van der Waals surface area contributed by atoms with E-state index >= 15 is 0 Å². The predicted octanol–water partition coefficient (Wildman–Crippen LogP) is 1.18. The summed E-state index contributed by atoms with van der Waals surface area (Å²) in [7, 11) is 0. The van der Waals surface area contributed by atoms with E-state index in [4.69, 9.17) is 5.73 Å². The van der Waals surface area contributed by atoms with Crippen LogP contribution in [0.5, 0.6) is 5.75 Å². The van der Waals surface area contributed by atoms with Gasteiger partial charge in [-0.1, -0.05) is 36.4 Å². The monoisotopic (exact) mass is 579 g/mol. The van der Waals surface area contributed by atoms with Crippen molar-refractivity contribution < 1.29 is 39.9 Å². The van der Waals surface area contributed by atoms with Crippen LogP contribution in [-0.2, 0) is 22.6 Å². The lowest BCUT2D eigenvalue weighted by molar-refractivity contribution is -0.156. The first-order valence-electron chi connectivity index (χ1n) is 14.2. The van der Waals surface area contributed by atoms with Gasteiger partial charge in [-0.05, 0) is 42.9 Å². The zero-order chi connectivity index (χ0) is 30.2. The quantitative estimate of drug-likeness (QED) is 0.168. The molecule has 1 saturated heterocycles. The molecule has 3 aliphatic rings. The van der Waals surface area contributed by atoms with Crippen molar-refractivity contribution in [1.82, 2.24) is 4.90 Å². The number of rotatable bonds is 9. The summed E-state index contributed by atoms with van der Waals surface area (Å²) in [6.07, 6.45) is -1.06. The standard InChI is InChI=1S/C31H37N3O8/c32-24(37)15-23(36)31(42)21(10-13-35)27(38)20-14-18-6-7-22(28(39)25(18)29(40)26(20)30(31)41)33-19-8-11-34(12-9-19)16-17-4-2-1-3-5-17/h1-7,19-21,27,33,35,38-39,41-42H,8-16H2,(H2,32,37)/t20-,21-,27+,31-/m1/s1. The molecule has 1 fully saturated rings. The Morgan fingerprint density at radius 1 is 1.07 bits per heavy atom. The molecule has 0 saturated carbocycles. The van der Waals surface area contributed by atoms with Crippen LogP contribution in [0.2, 0.25) is 0 Å². The summed E-state index contributed by atoms with van der Waals surface area (Å²) in [6, 6.07) is 13.6. The SMILES string of the molecule is NC(=O)CC(=O)[C@@]1(O)C(O)=C2C(=O)c3c(ccc(NC4CCN(Cc5ccccc5)CC4)c3O)C[C@H]2[C@H](O)[C@H]1CCO. The number of aromatic hydroxyl groups is 1. The number of phenolic OH excluding ortho intramolecular Hbond substituents is 1. The molecule has 42 heavy (non-hydrogen) atoms. The molecule has 8 N–H and O–H groups in total. The van der Waals surface area contributed by atoms with Gasteiger partial charge in [-0.2, -0.15) is 0 Å². The Balaban J connectivity index is 1.40. The maximum atomic E-state index is 13.8. The average Bonchev–Trinajstić information content (AvgIpc) is 2.96. The highest BCUT2D eigenvalue weighted by molar-refractivity contribution is 6.15.